The van der Waals surface area contributed by atoms with Gasteiger partial charge in [0.1, 0.15) is 11.4 Å². The molecule has 0 saturated heterocycles. The zero-order chi connectivity index (χ0) is 14.0. The Morgan fingerprint density at radius 1 is 1.42 bits per heavy atom. The molecule has 0 aromatic carbocycles. The second kappa shape index (κ2) is 5.56. The summed E-state index contributed by atoms with van der Waals surface area (Å²) in [6, 6.07) is 0. The van der Waals surface area contributed by atoms with E-state index in [1.165, 1.54) is 0 Å². The summed E-state index contributed by atoms with van der Waals surface area (Å²) in [5, 5.41) is 10.9. The van der Waals surface area contributed by atoms with Gasteiger partial charge in [0, 0.05) is 19.2 Å². The second-order valence-corrected chi connectivity index (χ2v) is 5.18. The molecule has 2 rings (SSSR count). The number of rotatable bonds is 4. The molecule has 1 amide bonds. The van der Waals surface area contributed by atoms with Crippen molar-refractivity contribution in [2.24, 2.45) is 0 Å². The van der Waals surface area contributed by atoms with Gasteiger partial charge in [-0.15, -0.1) is 0 Å². The van der Waals surface area contributed by atoms with Crippen LogP contribution in [0, 0.1) is 20.8 Å². The Morgan fingerprint density at radius 2 is 2.16 bits per heavy atom. The van der Waals surface area contributed by atoms with Crippen molar-refractivity contribution in [3.8, 4) is 0 Å². The van der Waals surface area contributed by atoms with Crippen LogP contribution in [0.4, 0.5) is 5.69 Å². The molecule has 0 atom stereocenters. The third-order valence-electron chi connectivity index (χ3n) is 2.75. The van der Waals surface area contributed by atoms with Gasteiger partial charge in [-0.1, -0.05) is 5.16 Å². The topological polar surface area (TPSA) is 73.0 Å². The van der Waals surface area contributed by atoms with Crippen LogP contribution in [0.15, 0.2) is 15.2 Å². The summed E-state index contributed by atoms with van der Waals surface area (Å²) in [7, 11) is 0. The van der Waals surface area contributed by atoms with E-state index in [1.54, 1.807) is 18.5 Å². The molecule has 2 heterocycles. The number of nitrogens with one attached hydrogen (secondary N) is 1. The van der Waals surface area contributed by atoms with E-state index in [-0.39, 0.29) is 5.91 Å². The van der Waals surface area contributed by atoms with E-state index in [4.69, 9.17) is 4.52 Å². The maximum Gasteiger partial charge on any atom is 0.226 e. The Hall–Kier alpha value is -1.63. The van der Waals surface area contributed by atoms with Gasteiger partial charge in [0.2, 0.25) is 5.91 Å². The first-order valence-electron chi connectivity index (χ1n) is 5.89. The number of amides is 1. The molecular weight excluding hydrogens is 312 g/mol. The number of hydrogen-bond donors (Lipinski definition) is 1. The highest BCUT2D eigenvalue weighted by atomic mass is 79.9. The highest BCUT2D eigenvalue weighted by Gasteiger charge is 2.12. The Balaban J connectivity index is 1.92. The molecular formula is C12H15BrN4O2. The molecule has 0 fully saturated rings. The molecule has 0 aliphatic heterocycles. The number of halogens is 1. The minimum atomic E-state index is -0.0846. The van der Waals surface area contributed by atoms with Crippen molar-refractivity contribution in [3.05, 3.63) is 27.8 Å². The van der Waals surface area contributed by atoms with Gasteiger partial charge in [-0.2, -0.15) is 5.10 Å². The van der Waals surface area contributed by atoms with Crippen LogP contribution >= 0.6 is 15.9 Å². The maximum absolute atomic E-state index is 11.8. The smallest absolute Gasteiger partial charge is 0.226 e. The van der Waals surface area contributed by atoms with Gasteiger partial charge >= 0.3 is 0 Å². The van der Waals surface area contributed by atoms with Gasteiger partial charge in [0.05, 0.1) is 10.2 Å². The van der Waals surface area contributed by atoms with Crippen molar-refractivity contribution in [2.75, 3.05) is 5.32 Å². The number of nitrogens with zero attached hydrogens (tertiary/aromatic N) is 3. The Labute approximate surface area is 119 Å². The molecule has 2 aromatic heterocycles. The van der Waals surface area contributed by atoms with Crippen LogP contribution in [0.1, 0.15) is 23.6 Å². The average Bonchev–Trinajstić information content (AvgIpc) is 2.84. The third kappa shape index (κ3) is 3.23. The molecule has 1 N–H and O–H groups in total. The highest BCUT2D eigenvalue weighted by Crippen LogP contribution is 2.19. The molecule has 19 heavy (non-hydrogen) atoms. The van der Waals surface area contributed by atoms with Gasteiger partial charge in [0.25, 0.3) is 0 Å². The summed E-state index contributed by atoms with van der Waals surface area (Å²) >= 11 is 3.39. The van der Waals surface area contributed by atoms with Crippen molar-refractivity contribution in [2.45, 2.75) is 33.7 Å². The monoisotopic (exact) mass is 326 g/mol. The fourth-order valence-electron chi connectivity index (χ4n) is 1.69. The lowest BCUT2D eigenvalue weighted by Crippen LogP contribution is -2.15. The quantitative estimate of drug-likeness (QED) is 0.937. The molecule has 0 saturated carbocycles. The first kappa shape index (κ1) is 13.8. The zero-order valence-electron chi connectivity index (χ0n) is 11.0. The lowest BCUT2D eigenvalue weighted by Gasteiger charge is -2.04. The summed E-state index contributed by atoms with van der Waals surface area (Å²) < 4.78 is 7.68. The molecule has 6 nitrogen and oxygen atoms in total. The van der Waals surface area contributed by atoms with Gasteiger partial charge in [0.15, 0.2) is 5.76 Å². The molecule has 0 aliphatic rings. The minimum Gasteiger partial charge on any atom is -0.359 e. The van der Waals surface area contributed by atoms with Gasteiger partial charge < -0.3 is 9.84 Å². The standard InChI is InChI=1S/C12H15BrN4O2/c1-7-10(13)6-17(15-7)5-4-11(18)14-12-8(2)16-19-9(12)3/h6H,4-5H2,1-3H3,(H,14,18). The summed E-state index contributed by atoms with van der Waals surface area (Å²) in [5.41, 5.74) is 2.25. The van der Waals surface area contributed by atoms with Crippen LogP contribution in [0.3, 0.4) is 0 Å². The molecule has 2 aromatic rings. The number of carbonyl (C=O) groups excluding carboxylic acids is 1. The van der Waals surface area contributed by atoms with Crippen LogP contribution < -0.4 is 5.32 Å². The SMILES string of the molecule is Cc1nn(CCC(=O)Nc2c(C)noc2C)cc1Br. The van der Waals surface area contributed by atoms with Crippen molar-refractivity contribution >= 4 is 27.5 Å². The lowest BCUT2D eigenvalue weighted by molar-refractivity contribution is -0.116. The average molecular weight is 327 g/mol. The van der Waals surface area contributed by atoms with Gasteiger partial charge in [-0.3, -0.25) is 9.48 Å². The summed E-state index contributed by atoms with van der Waals surface area (Å²) in [4.78, 5) is 11.8. The van der Waals surface area contributed by atoms with E-state index in [1.807, 2.05) is 13.1 Å². The zero-order valence-corrected chi connectivity index (χ0v) is 12.6. The van der Waals surface area contributed by atoms with E-state index >= 15 is 0 Å². The predicted octanol–water partition coefficient (Wildman–Crippen LogP) is 2.59. The molecule has 7 heteroatoms. The normalized spacial score (nSPS) is 10.7. The first-order valence-corrected chi connectivity index (χ1v) is 6.69. The Morgan fingerprint density at radius 3 is 2.68 bits per heavy atom. The number of hydrogen-bond acceptors (Lipinski definition) is 4. The number of aromatic nitrogens is 3. The second-order valence-electron chi connectivity index (χ2n) is 4.32. The summed E-state index contributed by atoms with van der Waals surface area (Å²) in [6.45, 7) is 6.00. The fraction of sp³-hybridized carbons (Fsp3) is 0.417. The van der Waals surface area contributed by atoms with Crippen LogP contribution in [-0.4, -0.2) is 20.8 Å². The Bertz CT molecular complexity index is 564. The molecule has 102 valence electrons. The van der Waals surface area contributed by atoms with Crippen molar-refractivity contribution in [1.29, 1.82) is 0 Å². The lowest BCUT2D eigenvalue weighted by atomic mass is 10.3. The fourth-order valence-corrected chi connectivity index (χ4v) is 2.00. The van der Waals surface area contributed by atoms with E-state index in [0.29, 0.717) is 30.1 Å². The largest absolute Gasteiger partial charge is 0.359 e. The van der Waals surface area contributed by atoms with Crippen LogP contribution in [0.25, 0.3) is 0 Å². The molecule has 0 unspecified atom stereocenters. The van der Waals surface area contributed by atoms with Crippen LogP contribution in [0.5, 0.6) is 0 Å². The Kier molecular flexibility index (Phi) is 4.04. The number of anilines is 1. The van der Waals surface area contributed by atoms with Crippen molar-refractivity contribution in [1.82, 2.24) is 14.9 Å². The maximum atomic E-state index is 11.8. The van der Waals surface area contributed by atoms with Crippen LogP contribution in [0.2, 0.25) is 0 Å². The minimum absolute atomic E-state index is 0.0846. The first-order chi connectivity index (χ1) is 8.97. The predicted molar refractivity (Wildman–Crippen MR) is 73.9 cm³/mol. The molecule has 0 bridgehead atoms. The van der Waals surface area contributed by atoms with E-state index < -0.39 is 0 Å². The van der Waals surface area contributed by atoms with Crippen molar-refractivity contribution in [3.63, 3.8) is 0 Å². The highest BCUT2D eigenvalue weighted by molar-refractivity contribution is 9.10. The third-order valence-corrected chi connectivity index (χ3v) is 3.53. The number of aryl methyl sites for hydroxylation is 4. The molecule has 0 spiro atoms. The van der Waals surface area contributed by atoms with E-state index in [9.17, 15) is 4.79 Å². The van der Waals surface area contributed by atoms with Gasteiger partial charge in [-0.05, 0) is 36.7 Å². The van der Waals surface area contributed by atoms with E-state index in [0.717, 1.165) is 10.2 Å². The van der Waals surface area contributed by atoms with Crippen molar-refractivity contribution < 1.29 is 9.32 Å². The van der Waals surface area contributed by atoms with E-state index in [2.05, 4.69) is 31.5 Å². The summed E-state index contributed by atoms with van der Waals surface area (Å²) in [5.74, 6) is 0.530. The van der Waals surface area contributed by atoms with Crippen LogP contribution in [-0.2, 0) is 11.3 Å². The number of carbonyl (C=O) groups is 1. The summed E-state index contributed by atoms with van der Waals surface area (Å²) in [6.07, 6.45) is 2.20. The van der Waals surface area contributed by atoms with Gasteiger partial charge in [-0.25, -0.2) is 0 Å². The molecule has 0 aliphatic carbocycles. The molecule has 0 radical (unpaired) electrons.